The Kier molecular flexibility index (Phi) is 5.13. The summed E-state index contributed by atoms with van der Waals surface area (Å²) in [6.45, 7) is 5.40. The fourth-order valence-corrected chi connectivity index (χ4v) is 1.99. The van der Waals surface area contributed by atoms with Gasteiger partial charge in [0.15, 0.2) is 0 Å². The minimum absolute atomic E-state index is 0.190. The van der Waals surface area contributed by atoms with Crippen molar-refractivity contribution in [2.75, 3.05) is 5.32 Å². The molecule has 0 atom stereocenters. The van der Waals surface area contributed by atoms with Crippen LogP contribution >= 0.6 is 0 Å². The molecular weight excluding hydrogens is 308 g/mol. The van der Waals surface area contributed by atoms with Gasteiger partial charge >= 0.3 is 0 Å². The van der Waals surface area contributed by atoms with Gasteiger partial charge in [0.05, 0.1) is 17.4 Å². The molecule has 2 rings (SSSR count). The lowest BCUT2D eigenvalue weighted by atomic mass is 10.1. The summed E-state index contributed by atoms with van der Waals surface area (Å²) in [5.41, 5.74) is 0.106. The van der Waals surface area contributed by atoms with Crippen LogP contribution in [0.15, 0.2) is 47.7 Å². The maximum absolute atomic E-state index is 12.2. The summed E-state index contributed by atoms with van der Waals surface area (Å²) in [6.07, 6.45) is 4.48. The molecule has 126 valence electrons. The summed E-state index contributed by atoms with van der Waals surface area (Å²) in [5, 5.41) is 5.45. The van der Waals surface area contributed by atoms with Crippen molar-refractivity contribution in [3.63, 3.8) is 0 Å². The zero-order chi connectivity index (χ0) is 17.7. The summed E-state index contributed by atoms with van der Waals surface area (Å²) in [7, 11) is 0. The lowest BCUT2D eigenvalue weighted by Gasteiger charge is -2.20. The van der Waals surface area contributed by atoms with E-state index in [0.29, 0.717) is 11.3 Å². The van der Waals surface area contributed by atoms with Gasteiger partial charge in [0.25, 0.3) is 11.5 Å². The van der Waals surface area contributed by atoms with Crippen molar-refractivity contribution in [1.82, 2.24) is 14.9 Å². The molecule has 0 bridgehead atoms. The molecule has 2 N–H and O–H groups in total. The maximum atomic E-state index is 12.2. The van der Waals surface area contributed by atoms with Crippen LogP contribution in [0.1, 0.15) is 31.1 Å². The van der Waals surface area contributed by atoms with Gasteiger partial charge < -0.3 is 15.2 Å². The lowest BCUT2D eigenvalue weighted by molar-refractivity contribution is -0.116. The van der Waals surface area contributed by atoms with E-state index < -0.39 is 5.54 Å². The third-order valence-corrected chi connectivity index (χ3v) is 2.99. The molecule has 0 spiro atoms. The van der Waals surface area contributed by atoms with Crippen molar-refractivity contribution in [3.05, 3.63) is 58.8 Å². The van der Waals surface area contributed by atoms with E-state index in [1.165, 1.54) is 29.1 Å². The number of hydrogen-bond acceptors (Lipinski definition) is 4. The number of hydrogen-bond donors (Lipinski definition) is 2. The largest absolute Gasteiger partial charge is 0.347 e. The van der Waals surface area contributed by atoms with Gasteiger partial charge in [0.2, 0.25) is 5.91 Å². The van der Waals surface area contributed by atoms with Crippen molar-refractivity contribution in [2.45, 2.75) is 32.9 Å². The van der Waals surface area contributed by atoms with Crippen molar-refractivity contribution in [1.29, 1.82) is 0 Å². The van der Waals surface area contributed by atoms with E-state index in [1.807, 2.05) is 20.8 Å². The molecule has 0 aliphatic heterocycles. The van der Waals surface area contributed by atoms with Crippen LogP contribution < -0.4 is 16.2 Å². The monoisotopic (exact) mass is 328 g/mol. The Bertz CT molecular complexity index is 791. The predicted molar refractivity (Wildman–Crippen MR) is 90.8 cm³/mol. The molecule has 0 fully saturated rings. The fourth-order valence-electron chi connectivity index (χ4n) is 1.99. The van der Waals surface area contributed by atoms with Crippen molar-refractivity contribution >= 4 is 17.5 Å². The molecule has 0 aromatic carbocycles. The van der Waals surface area contributed by atoms with E-state index in [2.05, 4.69) is 15.6 Å². The van der Waals surface area contributed by atoms with Gasteiger partial charge in [-0.1, -0.05) is 0 Å². The predicted octanol–water partition coefficient (Wildman–Crippen LogP) is 1.41. The van der Waals surface area contributed by atoms with Gasteiger partial charge in [-0.15, -0.1) is 0 Å². The highest BCUT2D eigenvalue weighted by atomic mass is 16.2. The Labute approximate surface area is 139 Å². The van der Waals surface area contributed by atoms with Crippen molar-refractivity contribution in [3.8, 4) is 0 Å². The van der Waals surface area contributed by atoms with Gasteiger partial charge in [-0.3, -0.25) is 19.4 Å². The molecule has 0 radical (unpaired) electrons. The van der Waals surface area contributed by atoms with Crippen LogP contribution in [0.5, 0.6) is 0 Å². The van der Waals surface area contributed by atoms with Gasteiger partial charge in [-0.25, -0.2) is 0 Å². The molecule has 2 heterocycles. The number of rotatable bonds is 4. The Morgan fingerprint density at radius 1 is 1.21 bits per heavy atom. The number of nitrogens with one attached hydrogen (secondary N) is 2. The van der Waals surface area contributed by atoms with E-state index in [0.717, 1.165) is 0 Å². The van der Waals surface area contributed by atoms with E-state index in [9.17, 15) is 14.4 Å². The normalized spacial score (nSPS) is 11.0. The van der Waals surface area contributed by atoms with Gasteiger partial charge in [-0.05, 0) is 39.0 Å². The first-order valence-electron chi connectivity index (χ1n) is 7.47. The molecule has 0 saturated heterocycles. The molecule has 0 unspecified atom stereocenters. The zero-order valence-corrected chi connectivity index (χ0v) is 13.9. The van der Waals surface area contributed by atoms with E-state index in [1.54, 1.807) is 18.3 Å². The molecule has 2 aromatic rings. The number of pyridine rings is 2. The number of carbonyl (C=O) groups excluding carboxylic acids is 2. The van der Waals surface area contributed by atoms with E-state index in [4.69, 9.17) is 0 Å². The molecule has 7 nitrogen and oxygen atoms in total. The van der Waals surface area contributed by atoms with E-state index in [-0.39, 0.29) is 23.9 Å². The summed E-state index contributed by atoms with van der Waals surface area (Å²) in [6, 6.07) is 6.11. The van der Waals surface area contributed by atoms with Crippen molar-refractivity contribution < 1.29 is 9.59 Å². The third-order valence-electron chi connectivity index (χ3n) is 2.99. The summed E-state index contributed by atoms with van der Waals surface area (Å²) < 4.78 is 1.20. The molecular formula is C17H20N4O3. The van der Waals surface area contributed by atoms with Gasteiger partial charge in [-0.2, -0.15) is 0 Å². The summed E-state index contributed by atoms with van der Waals surface area (Å²) >= 11 is 0. The second-order valence-electron chi connectivity index (χ2n) is 6.38. The Hall–Kier alpha value is -2.96. The minimum Gasteiger partial charge on any atom is -0.347 e. The van der Waals surface area contributed by atoms with Crippen molar-refractivity contribution in [2.24, 2.45) is 0 Å². The van der Waals surface area contributed by atoms with Crippen LogP contribution in [-0.4, -0.2) is 26.9 Å². The van der Waals surface area contributed by atoms with E-state index >= 15 is 0 Å². The Morgan fingerprint density at radius 2 is 1.96 bits per heavy atom. The maximum Gasteiger partial charge on any atom is 0.253 e. The molecule has 7 heteroatoms. The molecule has 24 heavy (non-hydrogen) atoms. The van der Waals surface area contributed by atoms with Crippen LogP contribution in [0, 0.1) is 0 Å². The lowest BCUT2D eigenvalue weighted by Crippen LogP contribution is -2.41. The number of nitrogens with zero attached hydrogens (tertiary/aromatic N) is 2. The summed E-state index contributed by atoms with van der Waals surface area (Å²) in [4.78, 5) is 40.0. The quantitative estimate of drug-likeness (QED) is 0.887. The second kappa shape index (κ2) is 7.08. The van der Waals surface area contributed by atoms with Crippen LogP contribution in [0.3, 0.4) is 0 Å². The highest BCUT2D eigenvalue weighted by molar-refractivity contribution is 5.94. The van der Waals surface area contributed by atoms with Crippen LogP contribution in [0.2, 0.25) is 0 Å². The standard InChI is InChI=1S/C17H20N4O3/c1-17(2,3)20-16(24)12-6-7-15(23)21(10-12)11-14(22)19-13-5-4-8-18-9-13/h4-10H,11H2,1-3H3,(H,19,22)(H,20,24). The third kappa shape index (κ3) is 5.05. The zero-order valence-electron chi connectivity index (χ0n) is 13.9. The Morgan fingerprint density at radius 3 is 2.58 bits per heavy atom. The second-order valence-corrected chi connectivity index (χ2v) is 6.38. The number of amides is 2. The average Bonchev–Trinajstić information content (AvgIpc) is 2.48. The first-order chi connectivity index (χ1) is 11.2. The topological polar surface area (TPSA) is 93.1 Å². The number of anilines is 1. The molecule has 0 aliphatic rings. The first-order valence-corrected chi connectivity index (χ1v) is 7.47. The molecule has 0 saturated carbocycles. The van der Waals surface area contributed by atoms with Crippen LogP contribution in [-0.2, 0) is 11.3 Å². The molecule has 2 amide bonds. The Balaban J connectivity index is 2.12. The SMILES string of the molecule is CC(C)(C)NC(=O)c1ccc(=O)n(CC(=O)Nc2cccnc2)c1. The highest BCUT2D eigenvalue weighted by Gasteiger charge is 2.16. The minimum atomic E-state index is -0.393. The molecule has 2 aromatic heterocycles. The van der Waals surface area contributed by atoms with Crippen LogP contribution in [0.4, 0.5) is 5.69 Å². The average molecular weight is 328 g/mol. The smallest absolute Gasteiger partial charge is 0.253 e. The number of aromatic nitrogens is 2. The highest BCUT2D eigenvalue weighted by Crippen LogP contribution is 2.05. The summed E-state index contributed by atoms with van der Waals surface area (Å²) in [5.74, 6) is -0.678. The number of carbonyl (C=O) groups is 2. The van der Waals surface area contributed by atoms with Gasteiger partial charge in [0.1, 0.15) is 6.54 Å². The fraction of sp³-hybridized carbons (Fsp3) is 0.294. The molecule has 0 aliphatic carbocycles. The first kappa shape index (κ1) is 17.4. The van der Waals surface area contributed by atoms with Crippen LogP contribution in [0.25, 0.3) is 0 Å². The van der Waals surface area contributed by atoms with Gasteiger partial charge in [0, 0.05) is 24.0 Å².